The lowest BCUT2D eigenvalue weighted by Crippen LogP contribution is -2.38. The molecule has 3 rings (SSSR count). The number of rotatable bonds is 3. The van der Waals surface area contributed by atoms with Gasteiger partial charge in [-0.2, -0.15) is 18.3 Å². The van der Waals surface area contributed by atoms with Crippen molar-refractivity contribution in [2.24, 2.45) is 7.05 Å². The normalized spacial score (nSPS) is 20.1. The molecule has 7 nitrogen and oxygen atoms in total. The summed E-state index contributed by atoms with van der Waals surface area (Å²) < 4.78 is 51.1. The highest BCUT2D eigenvalue weighted by molar-refractivity contribution is 5.20. The molecule has 0 aliphatic carbocycles. The van der Waals surface area contributed by atoms with Crippen LogP contribution in [0.5, 0.6) is 0 Å². The van der Waals surface area contributed by atoms with E-state index in [9.17, 15) is 13.2 Å². The van der Waals surface area contributed by atoms with Crippen molar-refractivity contribution >= 4 is 0 Å². The van der Waals surface area contributed by atoms with Gasteiger partial charge in [0.15, 0.2) is 0 Å². The second-order valence-corrected chi connectivity index (χ2v) is 5.39. The Balaban J connectivity index is 1.74. The Labute approximate surface area is 130 Å². The predicted octanol–water partition coefficient (Wildman–Crippen LogP) is 1.70. The molecular weight excluding hydrogens is 315 g/mol. The first kappa shape index (κ1) is 15.9. The minimum Gasteiger partial charge on any atom is -0.423 e. The van der Waals surface area contributed by atoms with Gasteiger partial charge in [-0.25, -0.2) is 0 Å². The second-order valence-electron chi connectivity index (χ2n) is 5.39. The van der Waals surface area contributed by atoms with Gasteiger partial charge in [-0.1, -0.05) is 0 Å². The standard InChI is InChI=1S/C13H16F3N5O2/c1-8-18-19-12(23-8)10-7-21(3-4-22-10)6-9-5-17-20(2)11(9)13(14,15)16/h5,10H,3-4,6-7H2,1-2H3. The number of aromatic nitrogens is 4. The van der Waals surface area contributed by atoms with Crippen molar-refractivity contribution in [1.82, 2.24) is 24.9 Å². The zero-order valence-corrected chi connectivity index (χ0v) is 12.7. The highest BCUT2D eigenvalue weighted by atomic mass is 19.4. The minimum atomic E-state index is -4.43. The topological polar surface area (TPSA) is 69.2 Å². The molecule has 1 fully saturated rings. The molecule has 0 aromatic carbocycles. The molecule has 0 spiro atoms. The molecule has 10 heteroatoms. The Morgan fingerprint density at radius 3 is 2.78 bits per heavy atom. The second kappa shape index (κ2) is 5.93. The third kappa shape index (κ3) is 3.37. The SMILES string of the molecule is Cc1nnc(C2CN(Cc3cnn(C)c3C(F)(F)F)CCO2)o1. The van der Waals surface area contributed by atoms with Gasteiger partial charge in [-0.05, 0) is 0 Å². The molecule has 0 bridgehead atoms. The monoisotopic (exact) mass is 331 g/mol. The summed E-state index contributed by atoms with van der Waals surface area (Å²) in [7, 11) is 1.29. The molecule has 3 heterocycles. The lowest BCUT2D eigenvalue weighted by atomic mass is 10.2. The summed E-state index contributed by atoms with van der Waals surface area (Å²) in [5, 5.41) is 11.4. The third-order valence-electron chi connectivity index (χ3n) is 3.64. The molecule has 2 aromatic rings. The van der Waals surface area contributed by atoms with Crippen LogP contribution in [-0.2, 0) is 24.5 Å². The Morgan fingerprint density at radius 2 is 2.13 bits per heavy atom. The van der Waals surface area contributed by atoms with Crippen molar-refractivity contribution in [3.05, 3.63) is 29.2 Å². The van der Waals surface area contributed by atoms with Crippen molar-refractivity contribution in [3.63, 3.8) is 0 Å². The molecule has 2 aromatic heterocycles. The van der Waals surface area contributed by atoms with Crippen molar-refractivity contribution in [2.75, 3.05) is 19.7 Å². The van der Waals surface area contributed by atoms with Crippen LogP contribution in [0.25, 0.3) is 0 Å². The minimum absolute atomic E-state index is 0.135. The maximum Gasteiger partial charge on any atom is 0.433 e. The lowest BCUT2D eigenvalue weighted by molar-refractivity contribution is -0.144. The summed E-state index contributed by atoms with van der Waals surface area (Å²) in [6.07, 6.45) is -3.61. The van der Waals surface area contributed by atoms with Crippen LogP contribution in [0.15, 0.2) is 10.6 Å². The molecule has 0 radical (unpaired) electrons. The molecule has 0 amide bonds. The molecule has 126 valence electrons. The van der Waals surface area contributed by atoms with Crippen LogP contribution in [0.2, 0.25) is 0 Å². The average Bonchev–Trinajstić information content (AvgIpc) is 3.05. The van der Waals surface area contributed by atoms with Gasteiger partial charge >= 0.3 is 6.18 Å². The number of morpholine rings is 1. The average molecular weight is 331 g/mol. The smallest absolute Gasteiger partial charge is 0.423 e. The molecule has 1 aliphatic heterocycles. The summed E-state index contributed by atoms with van der Waals surface area (Å²) in [5.41, 5.74) is -0.587. The van der Waals surface area contributed by atoms with Gasteiger partial charge in [0.25, 0.3) is 0 Å². The molecule has 0 N–H and O–H groups in total. The van der Waals surface area contributed by atoms with Gasteiger partial charge in [0.2, 0.25) is 11.8 Å². The summed E-state index contributed by atoms with van der Waals surface area (Å²) >= 11 is 0. The van der Waals surface area contributed by atoms with E-state index in [1.165, 1.54) is 13.2 Å². The number of hydrogen-bond donors (Lipinski definition) is 0. The summed E-state index contributed by atoms with van der Waals surface area (Å²) in [5.74, 6) is 0.766. The number of aryl methyl sites for hydroxylation is 2. The number of hydrogen-bond acceptors (Lipinski definition) is 6. The van der Waals surface area contributed by atoms with E-state index in [0.717, 1.165) is 4.68 Å². The van der Waals surface area contributed by atoms with Crippen LogP contribution in [0.3, 0.4) is 0 Å². The fourth-order valence-electron chi connectivity index (χ4n) is 2.64. The van der Waals surface area contributed by atoms with Gasteiger partial charge in [0.05, 0.1) is 12.8 Å². The van der Waals surface area contributed by atoms with Crippen LogP contribution >= 0.6 is 0 Å². The molecule has 1 aliphatic rings. The van der Waals surface area contributed by atoms with Crippen molar-refractivity contribution in [3.8, 4) is 0 Å². The van der Waals surface area contributed by atoms with E-state index >= 15 is 0 Å². The number of halogens is 3. The fraction of sp³-hybridized carbons (Fsp3) is 0.615. The van der Waals surface area contributed by atoms with Gasteiger partial charge in [0, 0.05) is 39.2 Å². The Morgan fingerprint density at radius 1 is 1.35 bits per heavy atom. The predicted molar refractivity (Wildman–Crippen MR) is 71.2 cm³/mol. The first-order chi connectivity index (χ1) is 10.8. The third-order valence-corrected chi connectivity index (χ3v) is 3.64. The lowest BCUT2D eigenvalue weighted by Gasteiger charge is -2.31. The van der Waals surface area contributed by atoms with E-state index in [1.54, 1.807) is 6.92 Å². The van der Waals surface area contributed by atoms with Gasteiger partial charge in [0.1, 0.15) is 11.8 Å². The zero-order valence-electron chi connectivity index (χ0n) is 12.7. The van der Waals surface area contributed by atoms with E-state index in [0.29, 0.717) is 31.5 Å². The maximum atomic E-state index is 13.1. The van der Waals surface area contributed by atoms with Crippen molar-refractivity contribution < 1.29 is 22.3 Å². The molecular formula is C13H16F3N5O2. The van der Waals surface area contributed by atoms with Crippen LogP contribution < -0.4 is 0 Å². The van der Waals surface area contributed by atoms with E-state index < -0.39 is 18.0 Å². The Kier molecular flexibility index (Phi) is 4.11. The van der Waals surface area contributed by atoms with Crippen LogP contribution in [0.1, 0.15) is 29.1 Å². The fourth-order valence-corrected chi connectivity index (χ4v) is 2.64. The first-order valence-electron chi connectivity index (χ1n) is 7.06. The summed E-state index contributed by atoms with van der Waals surface area (Å²) in [6, 6.07) is 0. The Hall–Kier alpha value is -1.94. The van der Waals surface area contributed by atoms with Crippen LogP contribution in [-0.4, -0.2) is 44.6 Å². The molecule has 1 saturated heterocycles. The zero-order chi connectivity index (χ0) is 16.6. The Bertz CT molecular complexity index is 681. The number of ether oxygens (including phenoxy) is 1. The van der Waals surface area contributed by atoms with Gasteiger partial charge in [-0.3, -0.25) is 9.58 Å². The molecule has 0 saturated carbocycles. The number of nitrogens with zero attached hydrogens (tertiary/aromatic N) is 5. The van der Waals surface area contributed by atoms with Gasteiger partial charge < -0.3 is 9.15 Å². The van der Waals surface area contributed by atoms with Crippen LogP contribution in [0.4, 0.5) is 13.2 Å². The van der Waals surface area contributed by atoms with Crippen LogP contribution in [0, 0.1) is 6.92 Å². The van der Waals surface area contributed by atoms with Crippen molar-refractivity contribution in [2.45, 2.75) is 25.7 Å². The van der Waals surface area contributed by atoms with E-state index in [-0.39, 0.29) is 12.1 Å². The molecule has 23 heavy (non-hydrogen) atoms. The highest BCUT2D eigenvalue weighted by Crippen LogP contribution is 2.32. The van der Waals surface area contributed by atoms with E-state index in [4.69, 9.17) is 9.15 Å². The number of alkyl halides is 3. The highest BCUT2D eigenvalue weighted by Gasteiger charge is 2.38. The summed E-state index contributed by atoms with van der Waals surface area (Å²) in [6.45, 7) is 3.09. The first-order valence-corrected chi connectivity index (χ1v) is 7.06. The summed E-state index contributed by atoms with van der Waals surface area (Å²) in [4.78, 5) is 1.86. The van der Waals surface area contributed by atoms with E-state index in [2.05, 4.69) is 15.3 Å². The molecule has 1 unspecified atom stereocenters. The quantitative estimate of drug-likeness (QED) is 0.853. The maximum absolute atomic E-state index is 13.1. The molecule has 1 atom stereocenters. The van der Waals surface area contributed by atoms with Crippen molar-refractivity contribution in [1.29, 1.82) is 0 Å². The van der Waals surface area contributed by atoms with Gasteiger partial charge in [-0.15, -0.1) is 10.2 Å². The van der Waals surface area contributed by atoms with E-state index in [1.807, 2.05) is 4.90 Å². The largest absolute Gasteiger partial charge is 0.433 e.